The maximum Gasteiger partial charge on any atom is 0.220 e. The molecule has 0 radical (unpaired) electrons. The monoisotopic (exact) mass is 197 g/mol. The van der Waals surface area contributed by atoms with Gasteiger partial charge in [-0.15, -0.1) is 0 Å². The Labute approximate surface area is 88.0 Å². The van der Waals surface area contributed by atoms with Crippen LogP contribution in [0.2, 0.25) is 0 Å². The minimum absolute atomic E-state index is 0.350. The van der Waals surface area contributed by atoms with Gasteiger partial charge in [0.1, 0.15) is 0 Å². The van der Waals surface area contributed by atoms with Crippen LogP contribution in [0, 0.1) is 6.92 Å². The zero-order valence-electron chi connectivity index (χ0n) is 8.49. The van der Waals surface area contributed by atoms with Gasteiger partial charge in [-0.25, -0.2) is 9.97 Å². The first-order valence-corrected chi connectivity index (χ1v) is 4.95. The summed E-state index contributed by atoms with van der Waals surface area (Å²) in [6.07, 6.45) is 2.75. The van der Waals surface area contributed by atoms with Gasteiger partial charge in [0.2, 0.25) is 5.95 Å². The Morgan fingerprint density at radius 1 is 1.27 bits per heavy atom. The Kier molecular flexibility index (Phi) is 1.57. The Balaban J connectivity index is 2.28. The van der Waals surface area contributed by atoms with Crippen LogP contribution in [0.3, 0.4) is 0 Å². The Hall–Kier alpha value is -1.90. The molecule has 0 aliphatic heterocycles. The molecule has 0 spiro atoms. The number of benzene rings is 1. The molecule has 3 nitrogen and oxygen atoms in total. The lowest BCUT2D eigenvalue weighted by Gasteiger charge is -2.01. The lowest BCUT2D eigenvalue weighted by molar-refractivity contribution is 1.13. The molecule has 15 heavy (non-hydrogen) atoms. The van der Waals surface area contributed by atoms with E-state index in [0.29, 0.717) is 5.95 Å². The summed E-state index contributed by atoms with van der Waals surface area (Å²) in [6.45, 7) is 2.09. The number of anilines is 1. The number of nitrogens with two attached hydrogens (primary N) is 1. The van der Waals surface area contributed by atoms with Gasteiger partial charge in [-0.3, -0.25) is 0 Å². The first-order chi connectivity index (χ1) is 7.24. The topological polar surface area (TPSA) is 51.8 Å². The molecule has 1 aromatic carbocycles. The van der Waals surface area contributed by atoms with Gasteiger partial charge < -0.3 is 5.73 Å². The van der Waals surface area contributed by atoms with E-state index in [9.17, 15) is 0 Å². The molecule has 1 aromatic heterocycles. The molecule has 1 aliphatic rings. The van der Waals surface area contributed by atoms with Gasteiger partial charge >= 0.3 is 0 Å². The van der Waals surface area contributed by atoms with Crippen molar-refractivity contribution < 1.29 is 0 Å². The SMILES string of the molecule is Cc1ccc2c(c1)-c1nc(N)ncc1C2. The Morgan fingerprint density at radius 3 is 3.00 bits per heavy atom. The molecule has 2 N–H and O–H groups in total. The van der Waals surface area contributed by atoms with Crippen molar-refractivity contribution in [1.82, 2.24) is 9.97 Å². The quantitative estimate of drug-likeness (QED) is 0.599. The molecule has 0 saturated carbocycles. The second-order valence-corrected chi connectivity index (χ2v) is 3.94. The second-order valence-electron chi connectivity index (χ2n) is 3.94. The minimum Gasteiger partial charge on any atom is -0.368 e. The minimum atomic E-state index is 0.350. The largest absolute Gasteiger partial charge is 0.368 e. The lowest BCUT2D eigenvalue weighted by Crippen LogP contribution is -1.96. The van der Waals surface area contributed by atoms with Crippen LogP contribution in [-0.2, 0) is 6.42 Å². The number of hydrogen-bond donors (Lipinski definition) is 1. The number of fused-ring (bicyclic) bond motifs is 3. The molecule has 1 heterocycles. The van der Waals surface area contributed by atoms with Crippen molar-refractivity contribution in [2.75, 3.05) is 5.73 Å². The highest BCUT2D eigenvalue weighted by Gasteiger charge is 2.20. The van der Waals surface area contributed by atoms with Gasteiger partial charge in [0.25, 0.3) is 0 Å². The third-order valence-corrected chi connectivity index (χ3v) is 2.78. The Morgan fingerprint density at radius 2 is 2.13 bits per heavy atom. The molecule has 3 rings (SSSR count). The van der Waals surface area contributed by atoms with E-state index in [1.165, 1.54) is 22.3 Å². The highest BCUT2D eigenvalue weighted by atomic mass is 15.0. The van der Waals surface area contributed by atoms with Crippen molar-refractivity contribution in [2.45, 2.75) is 13.3 Å². The van der Waals surface area contributed by atoms with Crippen LogP contribution in [0.1, 0.15) is 16.7 Å². The summed E-state index contributed by atoms with van der Waals surface area (Å²) in [6, 6.07) is 6.44. The highest BCUT2D eigenvalue weighted by Crippen LogP contribution is 2.35. The van der Waals surface area contributed by atoms with E-state index in [2.05, 4.69) is 35.1 Å². The fraction of sp³-hybridized carbons (Fsp3) is 0.167. The molecule has 74 valence electrons. The molecular formula is C12H11N3. The lowest BCUT2D eigenvalue weighted by atomic mass is 10.1. The van der Waals surface area contributed by atoms with Crippen LogP contribution >= 0.6 is 0 Å². The van der Waals surface area contributed by atoms with Gasteiger partial charge in [0.05, 0.1) is 5.69 Å². The average molecular weight is 197 g/mol. The van der Waals surface area contributed by atoms with Crippen LogP contribution < -0.4 is 5.73 Å². The summed E-state index contributed by atoms with van der Waals surface area (Å²) in [5, 5.41) is 0. The van der Waals surface area contributed by atoms with Gasteiger partial charge in [0, 0.05) is 23.7 Å². The molecule has 0 amide bonds. The zero-order valence-corrected chi connectivity index (χ0v) is 8.49. The standard InChI is InChI=1S/C12H11N3/c1-7-2-3-8-5-9-6-14-12(13)15-11(9)10(8)4-7/h2-4,6H,5H2,1H3,(H2,13,14,15). The number of aromatic nitrogens is 2. The van der Waals surface area contributed by atoms with Crippen molar-refractivity contribution in [3.05, 3.63) is 41.1 Å². The summed E-state index contributed by atoms with van der Waals surface area (Å²) in [4.78, 5) is 8.33. The van der Waals surface area contributed by atoms with Gasteiger partial charge in [-0.1, -0.05) is 17.7 Å². The van der Waals surface area contributed by atoms with Crippen molar-refractivity contribution in [3.63, 3.8) is 0 Å². The van der Waals surface area contributed by atoms with Crippen LogP contribution in [0.4, 0.5) is 5.95 Å². The second kappa shape index (κ2) is 2.79. The average Bonchev–Trinajstić information content (AvgIpc) is 2.56. The molecular weight excluding hydrogens is 186 g/mol. The first-order valence-electron chi connectivity index (χ1n) is 4.95. The normalized spacial score (nSPS) is 12.3. The van der Waals surface area contributed by atoms with Crippen molar-refractivity contribution in [3.8, 4) is 11.3 Å². The third-order valence-electron chi connectivity index (χ3n) is 2.78. The van der Waals surface area contributed by atoms with E-state index in [1.807, 2.05) is 6.20 Å². The maximum absolute atomic E-state index is 5.60. The zero-order chi connectivity index (χ0) is 10.4. The maximum atomic E-state index is 5.60. The van der Waals surface area contributed by atoms with Crippen molar-refractivity contribution in [2.24, 2.45) is 0 Å². The predicted molar refractivity (Wildman–Crippen MR) is 59.4 cm³/mol. The number of rotatable bonds is 0. The fourth-order valence-electron chi connectivity index (χ4n) is 2.05. The van der Waals surface area contributed by atoms with E-state index in [1.54, 1.807) is 0 Å². The van der Waals surface area contributed by atoms with Gasteiger partial charge in [0.15, 0.2) is 0 Å². The van der Waals surface area contributed by atoms with Crippen molar-refractivity contribution >= 4 is 5.95 Å². The number of nitrogens with zero attached hydrogens (tertiary/aromatic N) is 2. The fourth-order valence-corrected chi connectivity index (χ4v) is 2.05. The van der Waals surface area contributed by atoms with Crippen LogP contribution in [0.25, 0.3) is 11.3 Å². The van der Waals surface area contributed by atoms with Crippen LogP contribution in [-0.4, -0.2) is 9.97 Å². The summed E-state index contributed by atoms with van der Waals surface area (Å²) in [5.41, 5.74) is 11.5. The summed E-state index contributed by atoms with van der Waals surface area (Å²) in [5.74, 6) is 0.350. The summed E-state index contributed by atoms with van der Waals surface area (Å²) < 4.78 is 0. The molecule has 3 heteroatoms. The van der Waals surface area contributed by atoms with Gasteiger partial charge in [-0.2, -0.15) is 0 Å². The van der Waals surface area contributed by atoms with E-state index >= 15 is 0 Å². The number of hydrogen-bond acceptors (Lipinski definition) is 3. The first kappa shape index (κ1) is 8.41. The van der Waals surface area contributed by atoms with E-state index in [4.69, 9.17) is 5.73 Å². The smallest absolute Gasteiger partial charge is 0.220 e. The number of nitrogen functional groups attached to an aromatic ring is 1. The molecule has 2 aromatic rings. The Bertz CT molecular complexity index is 497. The van der Waals surface area contributed by atoms with E-state index in [0.717, 1.165) is 12.1 Å². The molecule has 0 bridgehead atoms. The number of aryl methyl sites for hydroxylation is 1. The molecule has 1 aliphatic carbocycles. The summed E-state index contributed by atoms with van der Waals surface area (Å²) >= 11 is 0. The molecule has 0 atom stereocenters. The predicted octanol–water partition coefficient (Wildman–Crippen LogP) is 1.94. The molecule has 0 fully saturated rings. The van der Waals surface area contributed by atoms with Crippen molar-refractivity contribution in [1.29, 1.82) is 0 Å². The third kappa shape index (κ3) is 1.20. The highest BCUT2D eigenvalue weighted by molar-refractivity contribution is 5.74. The molecule has 0 unspecified atom stereocenters. The van der Waals surface area contributed by atoms with E-state index in [-0.39, 0.29) is 0 Å². The summed E-state index contributed by atoms with van der Waals surface area (Å²) in [7, 11) is 0. The van der Waals surface area contributed by atoms with Crippen LogP contribution in [0.15, 0.2) is 24.4 Å². The van der Waals surface area contributed by atoms with Crippen LogP contribution in [0.5, 0.6) is 0 Å². The van der Waals surface area contributed by atoms with E-state index < -0.39 is 0 Å². The van der Waals surface area contributed by atoms with Gasteiger partial charge in [-0.05, 0) is 18.6 Å². The molecule has 0 saturated heterocycles.